The molecule has 0 unspecified atom stereocenters. The van der Waals surface area contributed by atoms with Crippen molar-refractivity contribution in [2.45, 2.75) is 25.3 Å². The number of fused-ring (bicyclic) bond motifs is 3. The van der Waals surface area contributed by atoms with Crippen LogP contribution in [-0.2, 0) is 9.53 Å². The number of benzene rings is 2. The molecule has 1 aliphatic rings. The molecule has 2 amide bonds. The van der Waals surface area contributed by atoms with E-state index in [1.54, 1.807) is 6.92 Å². The van der Waals surface area contributed by atoms with Gasteiger partial charge in [-0.3, -0.25) is 10.1 Å². The van der Waals surface area contributed by atoms with Gasteiger partial charge in [0.2, 0.25) is 0 Å². The molecule has 3 N–H and O–H groups in total. The van der Waals surface area contributed by atoms with Crippen LogP contribution in [0, 0.1) is 0 Å². The Balaban J connectivity index is 1.36. The van der Waals surface area contributed by atoms with E-state index in [0.717, 1.165) is 22.3 Å². The zero-order valence-corrected chi connectivity index (χ0v) is 17.9. The number of aromatic nitrogens is 1. The van der Waals surface area contributed by atoms with E-state index in [1.165, 1.54) is 18.3 Å². The molecule has 33 heavy (non-hydrogen) atoms. The molecule has 0 radical (unpaired) electrons. The molecule has 1 atom stereocenters. The Kier molecular flexibility index (Phi) is 6.35. The third kappa shape index (κ3) is 4.69. The van der Waals surface area contributed by atoms with Gasteiger partial charge in [-0.05, 0) is 40.8 Å². The third-order valence-corrected chi connectivity index (χ3v) is 5.60. The molecule has 1 heterocycles. The van der Waals surface area contributed by atoms with Crippen molar-refractivity contribution in [3.63, 3.8) is 0 Å². The first-order chi connectivity index (χ1) is 16.0. The number of nitrogens with zero attached hydrogens (tertiary/aromatic N) is 1. The smallest absolute Gasteiger partial charge is 0.411 e. The molecule has 3 aromatic rings. The molecule has 8 nitrogen and oxygen atoms in total. The van der Waals surface area contributed by atoms with E-state index < -0.39 is 24.0 Å². The van der Waals surface area contributed by atoms with Crippen LogP contribution in [0.25, 0.3) is 11.1 Å². The molecular formula is C25H23N3O5. The number of hydrogen-bond acceptors (Lipinski definition) is 5. The number of rotatable bonds is 7. The maximum Gasteiger partial charge on any atom is 0.411 e. The van der Waals surface area contributed by atoms with Crippen LogP contribution < -0.4 is 10.6 Å². The zero-order chi connectivity index (χ0) is 23.4. The number of carboxylic acids is 1. The summed E-state index contributed by atoms with van der Waals surface area (Å²) < 4.78 is 5.49. The Morgan fingerprint density at radius 2 is 1.64 bits per heavy atom. The van der Waals surface area contributed by atoms with Crippen LogP contribution in [-0.4, -0.2) is 40.7 Å². The van der Waals surface area contributed by atoms with Crippen LogP contribution in [0.4, 0.5) is 10.5 Å². The Bertz CT molecular complexity index is 1150. The lowest BCUT2D eigenvalue weighted by atomic mass is 9.98. The van der Waals surface area contributed by atoms with Gasteiger partial charge in [0.05, 0.1) is 11.9 Å². The lowest BCUT2D eigenvalue weighted by molar-refractivity contribution is -0.139. The standard InChI is InChI=1S/C25H23N3O5/c1-2-21(24(30)31)28-23(29)22-12-11-15(13-26-22)27-25(32)33-14-20-18-9-5-3-7-16(18)17-8-4-6-10-19(17)20/h3-13,20-21H,2,14H2,1H3,(H,27,32)(H,28,29)(H,30,31)/t21-/m0/s1. The Hall–Kier alpha value is -4.20. The van der Waals surface area contributed by atoms with E-state index in [-0.39, 0.29) is 24.6 Å². The van der Waals surface area contributed by atoms with Gasteiger partial charge < -0.3 is 15.2 Å². The van der Waals surface area contributed by atoms with E-state index >= 15 is 0 Å². The minimum absolute atomic E-state index is 0.0481. The molecule has 0 saturated heterocycles. The first-order valence-corrected chi connectivity index (χ1v) is 10.6. The summed E-state index contributed by atoms with van der Waals surface area (Å²) in [4.78, 5) is 39.6. The topological polar surface area (TPSA) is 118 Å². The highest BCUT2D eigenvalue weighted by Crippen LogP contribution is 2.44. The molecule has 0 bridgehead atoms. The summed E-state index contributed by atoms with van der Waals surface area (Å²) in [6, 6.07) is 18.1. The summed E-state index contributed by atoms with van der Waals surface area (Å²) in [5, 5.41) is 14.1. The number of carbonyl (C=O) groups is 3. The van der Waals surface area contributed by atoms with Gasteiger partial charge in [0.25, 0.3) is 5.91 Å². The largest absolute Gasteiger partial charge is 0.480 e. The third-order valence-electron chi connectivity index (χ3n) is 5.60. The SMILES string of the molecule is CC[C@H](NC(=O)c1ccc(NC(=O)OCC2c3ccccc3-c3ccccc32)cn1)C(=O)O. The Morgan fingerprint density at radius 1 is 1.00 bits per heavy atom. The van der Waals surface area contributed by atoms with E-state index in [9.17, 15) is 14.4 Å². The van der Waals surface area contributed by atoms with Crippen molar-refractivity contribution >= 4 is 23.7 Å². The lowest BCUT2D eigenvalue weighted by Crippen LogP contribution is -2.40. The van der Waals surface area contributed by atoms with Gasteiger partial charge in [-0.25, -0.2) is 14.6 Å². The number of carboxylic acid groups (broad SMARTS) is 1. The van der Waals surface area contributed by atoms with Gasteiger partial charge in [-0.1, -0.05) is 55.5 Å². The monoisotopic (exact) mass is 445 g/mol. The van der Waals surface area contributed by atoms with Gasteiger partial charge in [0.15, 0.2) is 0 Å². The van der Waals surface area contributed by atoms with Crippen LogP contribution in [0.15, 0.2) is 66.9 Å². The highest BCUT2D eigenvalue weighted by Gasteiger charge is 2.29. The van der Waals surface area contributed by atoms with E-state index in [2.05, 4.69) is 27.8 Å². The predicted molar refractivity (Wildman–Crippen MR) is 122 cm³/mol. The number of carbonyl (C=O) groups excluding carboxylic acids is 2. The number of pyridine rings is 1. The second kappa shape index (κ2) is 9.52. The summed E-state index contributed by atoms with van der Waals surface area (Å²) in [7, 11) is 0. The first-order valence-electron chi connectivity index (χ1n) is 10.6. The molecule has 4 rings (SSSR count). The fourth-order valence-corrected chi connectivity index (χ4v) is 3.93. The normalized spacial score (nSPS) is 12.9. The van der Waals surface area contributed by atoms with Crippen LogP contribution in [0.2, 0.25) is 0 Å². The molecule has 0 spiro atoms. The van der Waals surface area contributed by atoms with Crippen molar-refractivity contribution < 1.29 is 24.2 Å². The van der Waals surface area contributed by atoms with Gasteiger partial charge in [0.1, 0.15) is 18.3 Å². The van der Waals surface area contributed by atoms with Gasteiger partial charge in [0, 0.05) is 5.92 Å². The number of aliphatic carboxylic acids is 1. The molecule has 1 aromatic heterocycles. The van der Waals surface area contributed by atoms with Crippen LogP contribution in [0.3, 0.4) is 0 Å². The van der Waals surface area contributed by atoms with Gasteiger partial charge in [-0.15, -0.1) is 0 Å². The molecule has 8 heteroatoms. The van der Waals surface area contributed by atoms with Crippen molar-refractivity contribution in [2.75, 3.05) is 11.9 Å². The average Bonchev–Trinajstić information content (AvgIpc) is 3.15. The van der Waals surface area contributed by atoms with Crippen molar-refractivity contribution in [2.24, 2.45) is 0 Å². The summed E-state index contributed by atoms with van der Waals surface area (Å²) >= 11 is 0. The van der Waals surface area contributed by atoms with Crippen molar-refractivity contribution in [3.8, 4) is 11.1 Å². The maximum absolute atomic E-state index is 12.4. The minimum atomic E-state index is -1.11. The van der Waals surface area contributed by atoms with E-state index in [0.29, 0.717) is 5.69 Å². The second-order valence-corrected chi connectivity index (χ2v) is 7.66. The maximum atomic E-state index is 12.4. The minimum Gasteiger partial charge on any atom is -0.480 e. The molecular weight excluding hydrogens is 422 g/mol. The fourth-order valence-electron chi connectivity index (χ4n) is 3.93. The number of ether oxygens (including phenoxy) is 1. The molecule has 168 valence electrons. The van der Waals surface area contributed by atoms with Crippen LogP contribution >= 0.6 is 0 Å². The van der Waals surface area contributed by atoms with Crippen molar-refractivity contribution in [1.29, 1.82) is 0 Å². The first kappa shape index (κ1) is 22.0. The summed E-state index contributed by atoms with van der Waals surface area (Å²) in [6.07, 6.45) is 0.938. The molecule has 0 aliphatic heterocycles. The quantitative estimate of drug-likeness (QED) is 0.505. The highest BCUT2D eigenvalue weighted by atomic mass is 16.5. The molecule has 0 saturated carbocycles. The van der Waals surface area contributed by atoms with E-state index in [1.807, 2.05) is 36.4 Å². The van der Waals surface area contributed by atoms with Gasteiger partial charge in [-0.2, -0.15) is 0 Å². The van der Waals surface area contributed by atoms with Crippen molar-refractivity contribution in [3.05, 3.63) is 83.7 Å². The molecule has 0 fully saturated rings. The number of hydrogen-bond donors (Lipinski definition) is 3. The number of anilines is 1. The van der Waals surface area contributed by atoms with Crippen molar-refractivity contribution in [1.82, 2.24) is 10.3 Å². The molecule has 2 aromatic carbocycles. The summed E-state index contributed by atoms with van der Waals surface area (Å²) in [5.41, 5.74) is 4.94. The Morgan fingerprint density at radius 3 is 2.18 bits per heavy atom. The highest BCUT2D eigenvalue weighted by molar-refractivity contribution is 5.95. The zero-order valence-electron chi connectivity index (χ0n) is 17.9. The van der Waals surface area contributed by atoms with E-state index in [4.69, 9.17) is 9.84 Å². The molecule has 1 aliphatic carbocycles. The second-order valence-electron chi connectivity index (χ2n) is 7.66. The average molecular weight is 445 g/mol. The van der Waals surface area contributed by atoms with Crippen LogP contribution in [0.5, 0.6) is 0 Å². The summed E-state index contributed by atoms with van der Waals surface area (Å²) in [6.45, 7) is 1.84. The predicted octanol–water partition coefficient (Wildman–Crippen LogP) is 4.04. The van der Waals surface area contributed by atoms with Crippen LogP contribution in [0.1, 0.15) is 40.9 Å². The summed E-state index contributed by atoms with van der Waals surface area (Å²) in [5.74, 6) is -1.76. The van der Waals surface area contributed by atoms with Gasteiger partial charge >= 0.3 is 12.1 Å². The number of amides is 2. The number of nitrogens with one attached hydrogen (secondary N) is 2. The fraction of sp³-hybridized carbons (Fsp3) is 0.200. The lowest BCUT2D eigenvalue weighted by Gasteiger charge is -2.15. The Labute approximate surface area is 190 Å².